The zero-order valence-electron chi connectivity index (χ0n) is 18.6. The van der Waals surface area contributed by atoms with Crippen molar-refractivity contribution in [3.05, 3.63) is 34.9 Å². The molecule has 1 saturated carbocycles. The van der Waals surface area contributed by atoms with Crippen LogP contribution in [0.2, 0.25) is 5.02 Å². The minimum atomic E-state index is -0.0274. The van der Waals surface area contributed by atoms with Crippen molar-refractivity contribution in [2.75, 3.05) is 45.8 Å². The molecule has 2 heterocycles. The van der Waals surface area contributed by atoms with Gasteiger partial charge in [0.25, 0.3) is 0 Å². The Labute approximate surface area is 208 Å². The molecule has 1 aromatic carbocycles. The van der Waals surface area contributed by atoms with Crippen LogP contribution in [0.1, 0.15) is 44.6 Å². The van der Waals surface area contributed by atoms with Crippen LogP contribution in [0.15, 0.2) is 29.3 Å². The number of hydrogen-bond donors (Lipinski definition) is 1. The first-order valence-electron chi connectivity index (χ1n) is 11.4. The average Bonchev–Trinajstić information content (AvgIpc) is 3.31. The monoisotopic (exact) mass is 559 g/mol. The summed E-state index contributed by atoms with van der Waals surface area (Å²) in [7, 11) is 0. The van der Waals surface area contributed by atoms with E-state index in [1.807, 2.05) is 17.0 Å². The lowest BCUT2D eigenvalue weighted by atomic mass is 10.1. The molecule has 4 rings (SSSR count). The fourth-order valence-electron chi connectivity index (χ4n) is 4.69. The van der Waals surface area contributed by atoms with E-state index in [1.165, 1.54) is 5.56 Å². The van der Waals surface area contributed by atoms with Gasteiger partial charge in [-0.05, 0) is 50.8 Å². The molecular formula is C23H35ClIN5O. The van der Waals surface area contributed by atoms with Crippen molar-refractivity contribution in [2.45, 2.75) is 51.1 Å². The molecule has 3 atom stereocenters. The second-order valence-corrected chi connectivity index (χ2v) is 9.11. The number of guanidine groups is 1. The molecule has 6 nitrogen and oxygen atoms in total. The third-order valence-electron chi connectivity index (χ3n) is 6.63. The molecule has 0 aromatic heterocycles. The number of likely N-dealkylation sites (tertiary alicyclic amines) is 1. The van der Waals surface area contributed by atoms with Gasteiger partial charge in [-0.25, -0.2) is 0 Å². The van der Waals surface area contributed by atoms with E-state index in [2.05, 4.69) is 41.1 Å². The molecule has 2 saturated heterocycles. The highest BCUT2D eigenvalue weighted by Crippen LogP contribution is 2.41. The van der Waals surface area contributed by atoms with Crippen LogP contribution in [-0.2, 0) is 4.79 Å². The normalized spacial score (nSPS) is 25.2. The predicted octanol–water partition coefficient (Wildman–Crippen LogP) is 3.41. The number of aliphatic imine (C=N–C) groups is 1. The van der Waals surface area contributed by atoms with Gasteiger partial charge < -0.3 is 15.1 Å². The van der Waals surface area contributed by atoms with Gasteiger partial charge in [-0.15, -0.1) is 24.0 Å². The summed E-state index contributed by atoms with van der Waals surface area (Å²) in [5, 5.41) is 4.48. The zero-order chi connectivity index (χ0) is 21.1. The predicted molar refractivity (Wildman–Crippen MR) is 138 cm³/mol. The highest BCUT2D eigenvalue weighted by Gasteiger charge is 2.40. The van der Waals surface area contributed by atoms with Crippen LogP contribution in [0.5, 0.6) is 0 Å². The van der Waals surface area contributed by atoms with Crippen molar-refractivity contribution < 1.29 is 4.79 Å². The molecule has 0 spiro atoms. The highest BCUT2D eigenvalue weighted by atomic mass is 127. The van der Waals surface area contributed by atoms with Crippen molar-refractivity contribution in [2.24, 2.45) is 4.99 Å². The Balaban J connectivity index is 0.00000272. The van der Waals surface area contributed by atoms with Gasteiger partial charge in [0.2, 0.25) is 5.91 Å². The maximum Gasteiger partial charge on any atom is 0.239 e. The van der Waals surface area contributed by atoms with Crippen LogP contribution >= 0.6 is 35.6 Å². The van der Waals surface area contributed by atoms with E-state index in [1.54, 1.807) is 0 Å². The Morgan fingerprint density at radius 3 is 2.52 bits per heavy atom. The van der Waals surface area contributed by atoms with Crippen molar-refractivity contribution in [3.8, 4) is 0 Å². The Hall–Kier alpha value is -1.06. The van der Waals surface area contributed by atoms with Crippen LogP contribution in [0.25, 0.3) is 0 Å². The topological polar surface area (TPSA) is 51.2 Å². The van der Waals surface area contributed by atoms with Gasteiger partial charge in [-0.3, -0.25) is 14.7 Å². The van der Waals surface area contributed by atoms with E-state index in [4.69, 9.17) is 16.6 Å². The van der Waals surface area contributed by atoms with Gasteiger partial charge in [-0.1, -0.05) is 23.7 Å². The number of benzene rings is 1. The number of nitrogens with one attached hydrogen (secondary N) is 1. The van der Waals surface area contributed by atoms with Crippen molar-refractivity contribution in [1.29, 1.82) is 0 Å². The van der Waals surface area contributed by atoms with Crippen LogP contribution < -0.4 is 5.32 Å². The quantitative estimate of drug-likeness (QED) is 0.341. The van der Waals surface area contributed by atoms with E-state index >= 15 is 0 Å². The molecule has 1 amide bonds. The second-order valence-electron chi connectivity index (χ2n) is 8.68. The lowest BCUT2D eigenvalue weighted by Gasteiger charge is -2.39. The van der Waals surface area contributed by atoms with Crippen molar-refractivity contribution in [3.63, 3.8) is 0 Å². The first-order chi connectivity index (χ1) is 14.6. The maximum absolute atomic E-state index is 12.7. The molecule has 8 heteroatoms. The van der Waals surface area contributed by atoms with E-state index in [9.17, 15) is 4.79 Å². The van der Waals surface area contributed by atoms with Crippen LogP contribution in [0.4, 0.5) is 0 Å². The fourth-order valence-corrected chi connectivity index (χ4v) is 4.89. The maximum atomic E-state index is 12.7. The smallest absolute Gasteiger partial charge is 0.239 e. The summed E-state index contributed by atoms with van der Waals surface area (Å²) in [4.78, 5) is 24.2. The minimum Gasteiger partial charge on any atom is -0.353 e. The van der Waals surface area contributed by atoms with Crippen LogP contribution in [-0.4, -0.2) is 84.5 Å². The van der Waals surface area contributed by atoms with E-state index in [0.717, 1.165) is 76.1 Å². The lowest BCUT2D eigenvalue weighted by Crippen LogP contribution is -2.57. The Bertz CT molecular complexity index is 777. The number of amides is 1. The molecule has 3 aliphatic rings. The number of rotatable bonds is 5. The summed E-state index contributed by atoms with van der Waals surface area (Å²) >= 11 is 6.16. The van der Waals surface area contributed by atoms with Crippen molar-refractivity contribution >= 4 is 47.4 Å². The van der Waals surface area contributed by atoms with E-state index in [0.29, 0.717) is 17.9 Å². The SMILES string of the molecule is CCN=C(NC1CC1c1cccc(Cl)c1)N1CCN(C(C)C(=O)N2CCCC2)CC1.I. The Morgan fingerprint density at radius 2 is 1.87 bits per heavy atom. The molecule has 2 aliphatic heterocycles. The molecule has 1 aliphatic carbocycles. The van der Waals surface area contributed by atoms with Gasteiger partial charge >= 0.3 is 0 Å². The van der Waals surface area contributed by atoms with E-state index < -0.39 is 0 Å². The Morgan fingerprint density at radius 1 is 1.16 bits per heavy atom. The number of nitrogens with zero attached hydrogens (tertiary/aromatic N) is 4. The molecule has 172 valence electrons. The molecule has 1 aromatic rings. The summed E-state index contributed by atoms with van der Waals surface area (Å²) in [5.74, 6) is 1.80. The summed E-state index contributed by atoms with van der Waals surface area (Å²) in [6.07, 6.45) is 3.41. The number of hydrogen-bond acceptors (Lipinski definition) is 3. The summed E-state index contributed by atoms with van der Waals surface area (Å²) in [6, 6.07) is 8.57. The first-order valence-corrected chi connectivity index (χ1v) is 11.8. The van der Waals surface area contributed by atoms with Crippen LogP contribution in [0, 0.1) is 0 Å². The number of carbonyl (C=O) groups excluding carboxylic acids is 1. The molecule has 31 heavy (non-hydrogen) atoms. The largest absolute Gasteiger partial charge is 0.353 e. The van der Waals surface area contributed by atoms with Gasteiger partial charge in [0, 0.05) is 62.8 Å². The molecule has 3 fully saturated rings. The average molecular weight is 560 g/mol. The molecule has 0 radical (unpaired) electrons. The summed E-state index contributed by atoms with van der Waals surface area (Å²) in [5.41, 5.74) is 1.30. The molecule has 3 unspecified atom stereocenters. The fraction of sp³-hybridized carbons (Fsp3) is 0.652. The number of carbonyl (C=O) groups is 1. The first kappa shape index (κ1) is 24.6. The van der Waals surface area contributed by atoms with Crippen LogP contribution in [0.3, 0.4) is 0 Å². The highest BCUT2D eigenvalue weighted by molar-refractivity contribution is 14.0. The lowest BCUT2D eigenvalue weighted by molar-refractivity contribution is -0.135. The molecular weight excluding hydrogens is 525 g/mol. The van der Waals surface area contributed by atoms with E-state index in [-0.39, 0.29) is 30.0 Å². The van der Waals surface area contributed by atoms with Crippen molar-refractivity contribution in [1.82, 2.24) is 20.0 Å². The van der Waals surface area contributed by atoms with Gasteiger partial charge in [-0.2, -0.15) is 0 Å². The Kier molecular flexibility index (Phi) is 8.87. The molecule has 0 bridgehead atoms. The molecule has 1 N–H and O–H groups in total. The third-order valence-corrected chi connectivity index (χ3v) is 6.86. The minimum absolute atomic E-state index is 0. The summed E-state index contributed by atoms with van der Waals surface area (Å²) < 4.78 is 0. The number of halogens is 2. The van der Waals surface area contributed by atoms with Gasteiger partial charge in [0.05, 0.1) is 6.04 Å². The summed E-state index contributed by atoms with van der Waals surface area (Å²) in [6.45, 7) is 10.4. The van der Waals surface area contributed by atoms with Gasteiger partial charge in [0.1, 0.15) is 0 Å². The zero-order valence-corrected chi connectivity index (χ0v) is 21.7. The third kappa shape index (κ3) is 6.05. The second kappa shape index (κ2) is 11.2. The van der Waals surface area contributed by atoms with Gasteiger partial charge in [0.15, 0.2) is 5.96 Å². The standard InChI is InChI=1S/C23H34ClN5O.HI/c1-3-25-23(26-21-16-20(21)18-7-6-8-19(24)15-18)29-13-11-27(12-14-29)17(2)22(30)28-9-4-5-10-28;/h6-8,15,17,20-21H,3-5,9-14,16H2,1-2H3,(H,25,26);1H. The number of piperazine rings is 1.